The van der Waals surface area contributed by atoms with Crippen molar-refractivity contribution in [2.24, 2.45) is 5.92 Å². The second-order valence-electron chi connectivity index (χ2n) is 10.1. The summed E-state index contributed by atoms with van der Waals surface area (Å²) in [7, 11) is 0. The minimum atomic E-state index is 0.0305. The van der Waals surface area contributed by atoms with Gasteiger partial charge in [0, 0.05) is 42.2 Å². The Morgan fingerprint density at radius 3 is 2.38 bits per heavy atom. The van der Waals surface area contributed by atoms with Crippen LogP contribution in [0.15, 0.2) is 23.1 Å². The number of nitrogens with zero attached hydrogens (tertiary/aromatic N) is 3. The lowest BCUT2D eigenvalue weighted by atomic mass is 9.91. The van der Waals surface area contributed by atoms with E-state index in [9.17, 15) is 9.59 Å². The Bertz CT molecular complexity index is 999. The minimum Gasteiger partial charge on any atom is -0.353 e. The van der Waals surface area contributed by atoms with Gasteiger partial charge in [-0.05, 0) is 63.4 Å². The molecule has 2 heterocycles. The number of anilines is 1. The zero-order chi connectivity index (χ0) is 21.9. The predicted octanol–water partition coefficient (Wildman–Crippen LogP) is 4.33. The first kappa shape index (κ1) is 21.4. The smallest absolute Gasteiger partial charge is 0.252 e. The van der Waals surface area contributed by atoms with Crippen LogP contribution in [0.1, 0.15) is 89.5 Å². The Morgan fingerprint density at radius 1 is 0.938 bits per heavy atom. The molecular weight excluding hydrogens is 402 g/mol. The normalized spacial score (nSPS) is 24.8. The van der Waals surface area contributed by atoms with Gasteiger partial charge in [-0.3, -0.25) is 14.2 Å². The zero-order valence-electron chi connectivity index (χ0n) is 18.9. The fourth-order valence-electron chi connectivity index (χ4n) is 5.95. The van der Waals surface area contributed by atoms with Crippen molar-refractivity contribution < 1.29 is 4.79 Å². The first-order valence-electron chi connectivity index (χ1n) is 12.6. The summed E-state index contributed by atoms with van der Waals surface area (Å²) in [5.41, 5.74) is 0.776. The Labute approximate surface area is 189 Å². The van der Waals surface area contributed by atoms with E-state index in [2.05, 4.69) is 15.6 Å². The van der Waals surface area contributed by atoms with E-state index in [0.29, 0.717) is 24.3 Å². The predicted molar refractivity (Wildman–Crippen MR) is 126 cm³/mol. The van der Waals surface area contributed by atoms with Crippen molar-refractivity contribution in [2.45, 2.75) is 102 Å². The highest BCUT2D eigenvalue weighted by Gasteiger charge is 2.25. The highest BCUT2D eigenvalue weighted by atomic mass is 16.1. The van der Waals surface area contributed by atoms with Crippen LogP contribution in [-0.4, -0.2) is 32.5 Å². The van der Waals surface area contributed by atoms with Gasteiger partial charge in [0.2, 0.25) is 11.9 Å². The fourth-order valence-corrected chi connectivity index (χ4v) is 5.95. The standard InChI is InChI=1S/C25H35N5O2/c31-22(15-17-5-1-2-6-17)27-19-10-12-20(13-11-19)28-25-26-16-18-9-14-23(32)30(24(18)29-25)21-7-3-4-8-21/h9,14,16-17,19-21H,1-8,10-13,15H2,(H,27,31)(H,26,28,29). The molecular formula is C25H35N5O2. The molecule has 7 nitrogen and oxygen atoms in total. The van der Waals surface area contributed by atoms with Crippen LogP contribution in [0, 0.1) is 5.92 Å². The maximum absolute atomic E-state index is 12.6. The molecule has 1 amide bonds. The number of fused-ring (bicyclic) bond motifs is 1. The Hall–Kier alpha value is -2.44. The summed E-state index contributed by atoms with van der Waals surface area (Å²) >= 11 is 0. The van der Waals surface area contributed by atoms with E-state index in [4.69, 9.17) is 4.98 Å². The van der Waals surface area contributed by atoms with E-state index < -0.39 is 0 Å². The molecule has 3 saturated carbocycles. The van der Waals surface area contributed by atoms with E-state index in [1.807, 2.05) is 16.8 Å². The molecule has 0 bridgehead atoms. The van der Waals surface area contributed by atoms with Crippen LogP contribution in [0.2, 0.25) is 0 Å². The van der Waals surface area contributed by atoms with Gasteiger partial charge < -0.3 is 10.6 Å². The van der Waals surface area contributed by atoms with Crippen molar-refractivity contribution in [1.82, 2.24) is 19.9 Å². The number of carbonyl (C=O) groups excluding carboxylic acids is 1. The highest BCUT2D eigenvalue weighted by Crippen LogP contribution is 2.31. The third-order valence-electron chi connectivity index (χ3n) is 7.73. The van der Waals surface area contributed by atoms with Crippen molar-refractivity contribution in [2.75, 3.05) is 5.32 Å². The van der Waals surface area contributed by atoms with Gasteiger partial charge in [0.1, 0.15) is 5.65 Å². The molecule has 32 heavy (non-hydrogen) atoms. The summed E-state index contributed by atoms with van der Waals surface area (Å²) in [5.74, 6) is 1.43. The number of carbonyl (C=O) groups is 1. The van der Waals surface area contributed by atoms with Gasteiger partial charge in [-0.25, -0.2) is 4.98 Å². The van der Waals surface area contributed by atoms with Crippen LogP contribution < -0.4 is 16.2 Å². The van der Waals surface area contributed by atoms with Gasteiger partial charge in [-0.1, -0.05) is 25.7 Å². The first-order valence-corrected chi connectivity index (χ1v) is 12.6. The monoisotopic (exact) mass is 437 g/mol. The molecule has 0 saturated heterocycles. The van der Waals surface area contributed by atoms with Crippen LogP contribution in [0.3, 0.4) is 0 Å². The number of amides is 1. The van der Waals surface area contributed by atoms with Gasteiger partial charge in [0.25, 0.3) is 5.56 Å². The van der Waals surface area contributed by atoms with Crippen molar-refractivity contribution >= 4 is 22.9 Å². The van der Waals surface area contributed by atoms with E-state index in [1.54, 1.807) is 6.07 Å². The van der Waals surface area contributed by atoms with Crippen LogP contribution >= 0.6 is 0 Å². The number of hydrogen-bond donors (Lipinski definition) is 2. The van der Waals surface area contributed by atoms with Gasteiger partial charge in [-0.2, -0.15) is 4.98 Å². The first-order chi connectivity index (χ1) is 15.7. The topological polar surface area (TPSA) is 88.9 Å². The summed E-state index contributed by atoms with van der Waals surface area (Å²) in [5, 5.41) is 7.67. The van der Waals surface area contributed by atoms with E-state index >= 15 is 0 Å². The van der Waals surface area contributed by atoms with E-state index in [1.165, 1.54) is 38.5 Å². The van der Waals surface area contributed by atoms with Crippen LogP contribution in [-0.2, 0) is 4.79 Å². The molecule has 2 N–H and O–H groups in total. The summed E-state index contributed by atoms with van der Waals surface area (Å²) in [6, 6.07) is 4.29. The third kappa shape index (κ3) is 4.81. The molecule has 0 aromatic carbocycles. The number of aromatic nitrogens is 3. The molecule has 5 rings (SSSR count). The highest BCUT2D eigenvalue weighted by molar-refractivity contribution is 5.76. The maximum Gasteiger partial charge on any atom is 0.252 e. The van der Waals surface area contributed by atoms with Crippen LogP contribution in [0.5, 0.6) is 0 Å². The van der Waals surface area contributed by atoms with Gasteiger partial charge >= 0.3 is 0 Å². The SMILES string of the molecule is O=C(CC1CCCC1)NC1CCC(Nc2ncc3ccc(=O)n(C4CCCC4)c3n2)CC1. The van der Waals surface area contributed by atoms with E-state index in [0.717, 1.165) is 49.6 Å². The van der Waals surface area contributed by atoms with Crippen molar-refractivity contribution in [3.63, 3.8) is 0 Å². The van der Waals surface area contributed by atoms with Crippen LogP contribution in [0.25, 0.3) is 11.0 Å². The zero-order valence-corrected chi connectivity index (χ0v) is 18.9. The number of pyridine rings is 1. The summed E-state index contributed by atoms with van der Waals surface area (Å²) in [4.78, 5) is 34.2. The summed E-state index contributed by atoms with van der Waals surface area (Å²) in [6.45, 7) is 0. The summed E-state index contributed by atoms with van der Waals surface area (Å²) < 4.78 is 1.88. The second-order valence-corrected chi connectivity index (χ2v) is 10.1. The largest absolute Gasteiger partial charge is 0.353 e. The minimum absolute atomic E-state index is 0.0305. The Morgan fingerprint density at radius 2 is 1.62 bits per heavy atom. The number of nitrogens with one attached hydrogen (secondary N) is 2. The third-order valence-corrected chi connectivity index (χ3v) is 7.73. The van der Waals surface area contributed by atoms with Crippen molar-refractivity contribution in [3.8, 4) is 0 Å². The number of hydrogen-bond acceptors (Lipinski definition) is 5. The lowest BCUT2D eigenvalue weighted by molar-refractivity contribution is -0.122. The van der Waals surface area contributed by atoms with Crippen LogP contribution in [0.4, 0.5) is 5.95 Å². The summed E-state index contributed by atoms with van der Waals surface area (Å²) in [6.07, 6.45) is 15.9. The molecule has 0 atom stereocenters. The fraction of sp³-hybridized carbons (Fsp3) is 0.680. The molecule has 172 valence electrons. The van der Waals surface area contributed by atoms with Crippen molar-refractivity contribution in [3.05, 3.63) is 28.7 Å². The number of rotatable bonds is 6. The maximum atomic E-state index is 12.6. The molecule has 2 aromatic rings. The molecule has 0 radical (unpaired) electrons. The quantitative estimate of drug-likeness (QED) is 0.702. The molecule has 3 aliphatic carbocycles. The molecule has 3 aliphatic rings. The Kier molecular flexibility index (Phi) is 6.42. The molecule has 0 unspecified atom stereocenters. The van der Waals surface area contributed by atoms with E-state index in [-0.39, 0.29) is 23.6 Å². The molecule has 0 spiro atoms. The lowest BCUT2D eigenvalue weighted by Gasteiger charge is -2.30. The average Bonchev–Trinajstić information content (AvgIpc) is 3.49. The van der Waals surface area contributed by atoms with Gasteiger partial charge in [0.15, 0.2) is 0 Å². The second kappa shape index (κ2) is 9.59. The van der Waals surface area contributed by atoms with Crippen molar-refractivity contribution in [1.29, 1.82) is 0 Å². The average molecular weight is 438 g/mol. The molecule has 3 fully saturated rings. The lowest BCUT2D eigenvalue weighted by Crippen LogP contribution is -2.40. The molecule has 0 aliphatic heterocycles. The molecule has 7 heteroatoms. The van der Waals surface area contributed by atoms with Gasteiger partial charge in [-0.15, -0.1) is 0 Å². The Balaban J connectivity index is 1.19. The molecule has 2 aromatic heterocycles. The van der Waals surface area contributed by atoms with Gasteiger partial charge in [0.05, 0.1) is 0 Å².